The van der Waals surface area contributed by atoms with E-state index in [1.807, 2.05) is 25.1 Å². The predicted octanol–water partition coefficient (Wildman–Crippen LogP) is 3.28. The van der Waals surface area contributed by atoms with Crippen LogP contribution in [-0.2, 0) is 6.54 Å². The SMILES string of the molecule is Cc1nnnn1-c1ccc(OCF)c(CN[C@H]2CCCN[C@H]2c2ccccc2)c1.Cl. The van der Waals surface area contributed by atoms with Crippen molar-refractivity contribution in [1.82, 2.24) is 30.8 Å². The van der Waals surface area contributed by atoms with Crippen molar-refractivity contribution in [3.63, 3.8) is 0 Å². The molecule has 1 aliphatic heterocycles. The van der Waals surface area contributed by atoms with Crippen LogP contribution in [0.4, 0.5) is 4.39 Å². The molecule has 7 nitrogen and oxygen atoms in total. The third-order valence-corrected chi connectivity index (χ3v) is 5.30. The minimum atomic E-state index is -0.867. The second-order valence-corrected chi connectivity index (χ2v) is 7.16. The monoisotopic (exact) mass is 432 g/mol. The largest absolute Gasteiger partial charge is 0.463 e. The maximum atomic E-state index is 12.9. The topological polar surface area (TPSA) is 76.9 Å². The smallest absolute Gasteiger partial charge is 0.228 e. The summed E-state index contributed by atoms with van der Waals surface area (Å²) >= 11 is 0. The van der Waals surface area contributed by atoms with Crippen molar-refractivity contribution in [3.8, 4) is 11.4 Å². The summed E-state index contributed by atoms with van der Waals surface area (Å²) in [6.07, 6.45) is 2.18. The van der Waals surface area contributed by atoms with Crippen molar-refractivity contribution in [3.05, 3.63) is 65.5 Å². The van der Waals surface area contributed by atoms with Crippen molar-refractivity contribution in [2.45, 2.75) is 38.4 Å². The number of benzene rings is 2. The number of nitrogens with one attached hydrogen (secondary N) is 2. The van der Waals surface area contributed by atoms with Gasteiger partial charge in [0.1, 0.15) is 5.75 Å². The highest BCUT2D eigenvalue weighted by molar-refractivity contribution is 5.85. The van der Waals surface area contributed by atoms with Crippen molar-refractivity contribution < 1.29 is 9.13 Å². The number of ether oxygens (including phenoxy) is 1. The quantitative estimate of drug-likeness (QED) is 0.596. The molecular formula is C21H26ClFN6O. The van der Waals surface area contributed by atoms with Crippen LogP contribution in [0.1, 0.15) is 35.8 Å². The Morgan fingerprint density at radius 1 is 1.23 bits per heavy atom. The highest BCUT2D eigenvalue weighted by atomic mass is 35.5. The van der Waals surface area contributed by atoms with Gasteiger partial charge in [-0.2, -0.15) is 4.68 Å². The Morgan fingerprint density at radius 2 is 2.07 bits per heavy atom. The fourth-order valence-corrected chi connectivity index (χ4v) is 3.87. The fourth-order valence-electron chi connectivity index (χ4n) is 3.87. The van der Waals surface area contributed by atoms with E-state index in [9.17, 15) is 4.39 Å². The maximum Gasteiger partial charge on any atom is 0.228 e. The summed E-state index contributed by atoms with van der Waals surface area (Å²) in [4.78, 5) is 0. The van der Waals surface area contributed by atoms with Crippen molar-refractivity contribution in [2.75, 3.05) is 13.4 Å². The molecule has 0 amide bonds. The van der Waals surface area contributed by atoms with Crippen LogP contribution in [0.2, 0.25) is 0 Å². The standard InChI is InChI=1S/C21H25FN6O.ClH/c1-15-25-26-27-28(15)18-9-10-20(29-14-22)17(12-18)13-24-19-8-5-11-23-21(19)16-6-3-2-4-7-16;/h2-4,6-7,9-10,12,19,21,23-24H,5,8,11,13-14H2,1H3;1H/t19-,21-;/m0./s1. The van der Waals surface area contributed by atoms with Gasteiger partial charge in [0, 0.05) is 24.2 Å². The summed E-state index contributed by atoms with van der Waals surface area (Å²) in [5.74, 6) is 1.21. The summed E-state index contributed by atoms with van der Waals surface area (Å²) in [6, 6.07) is 16.5. The van der Waals surface area contributed by atoms with Crippen LogP contribution < -0.4 is 15.4 Å². The molecule has 30 heavy (non-hydrogen) atoms. The lowest BCUT2D eigenvalue weighted by molar-refractivity contribution is 0.189. The fraction of sp³-hybridized carbons (Fsp3) is 0.381. The number of aryl methyl sites for hydroxylation is 1. The molecule has 4 rings (SSSR count). The zero-order chi connectivity index (χ0) is 20.1. The van der Waals surface area contributed by atoms with Gasteiger partial charge < -0.3 is 15.4 Å². The number of hydrogen-bond donors (Lipinski definition) is 2. The van der Waals surface area contributed by atoms with E-state index in [0.717, 1.165) is 30.6 Å². The van der Waals surface area contributed by atoms with Crippen LogP contribution >= 0.6 is 12.4 Å². The highest BCUT2D eigenvalue weighted by Crippen LogP contribution is 2.26. The molecule has 3 aromatic rings. The van der Waals surface area contributed by atoms with E-state index in [1.165, 1.54) is 5.56 Å². The number of alkyl halides is 1. The summed E-state index contributed by atoms with van der Waals surface area (Å²) < 4.78 is 19.7. The van der Waals surface area contributed by atoms with Gasteiger partial charge in [-0.3, -0.25) is 0 Å². The lowest BCUT2D eigenvalue weighted by atomic mass is 9.92. The van der Waals surface area contributed by atoms with Gasteiger partial charge in [0.15, 0.2) is 5.82 Å². The Morgan fingerprint density at radius 3 is 2.80 bits per heavy atom. The van der Waals surface area contributed by atoms with Crippen LogP contribution in [0.15, 0.2) is 48.5 Å². The lowest BCUT2D eigenvalue weighted by Gasteiger charge is -2.34. The van der Waals surface area contributed by atoms with Gasteiger partial charge in [-0.05, 0) is 60.5 Å². The van der Waals surface area contributed by atoms with Gasteiger partial charge in [-0.1, -0.05) is 30.3 Å². The molecule has 9 heteroatoms. The molecule has 0 radical (unpaired) electrons. The Balaban J connectivity index is 0.00000256. The summed E-state index contributed by atoms with van der Waals surface area (Å²) in [5.41, 5.74) is 2.95. The molecule has 0 bridgehead atoms. The summed E-state index contributed by atoms with van der Waals surface area (Å²) in [6.45, 7) is 2.53. The molecule has 2 aromatic carbocycles. The predicted molar refractivity (Wildman–Crippen MR) is 115 cm³/mol. The van der Waals surface area contributed by atoms with Gasteiger partial charge in [0.2, 0.25) is 6.86 Å². The van der Waals surface area contributed by atoms with Crippen LogP contribution in [0.25, 0.3) is 5.69 Å². The molecule has 0 spiro atoms. The molecule has 160 valence electrons. The zero-order valence-corrected chi connectivity index (χ0v) is 17.6. The van der Waals surface area contributed by atoms with E-state index >= 15 is 0 Å². The number of halogens is 2. The van der Waals surface area contributed by atoms with Crippen LogP contribution in [0, 0.1) is 6.92 Å². The van der Waals surface area contributed by atoms with Gasteiger partial charge in [-0.15, -0.1) is 17.5 Å². The van der Waals surface area contributed by atoms with Crippen LogP contribution in [-0.4, -0.2) is 39.7 Å². The first-order valence-electron chi connectivity index (χ1n) is 9.85. The molecule has 1 aliphatic rings. The number of nitrogens with zero attached hydrogens (tertiary/aromatic N) is 4. The summed E-state index contributed by atoms with van der Waals surface area (Å²) in [5, 5.41) is 18.9. The minimum absolute atomic E-state index is 0. The molecule has 0 unspecified atom stereocenters. The number of tetrazole rings is 1. The average molecular weight is 433 g/mol. The molecule has 2 atom stereocenters. The van der Waals surface area contributed by atoms with Gasteiger partial charge in [-0.25, -0.2) is 4.39 Å². The molecule has 0 aliphatic carbocycles. The number of aromatic nitrogens is 4. The van der Waals surface area contributed by atoms with Gasteiger partial charge in [0.05, 0.1) is 5.69 Å². The third kappa shape index (κ3) is 4.95. The second kappa shape index (κ2) is 10.5. The van der Waals surface area contributed by atoms with Crippen LogP contribution in [0.3, 0.4) is 0 Å². The summed E-state index contributed by atoms with van der Waals surface area (Å²) in [7, 11) is 0. The second-order valence-electron chi connectivity index (χ2n) is 7.16. The Bertz CT molecular complexity index is 938. The average Bonchev–Trinajstić information content (AvgIpc) is 3.20. The highest BCUT2D eigenvalue weighted by Gasteiger charge is 2.26. The molecule has 1 fully saturated rings. The normalized spacial score (nSPS) is 18.6. The first kappa shape index (κ1) is 22.1. The number of piperidine rings is 1. The maximum absolute atomic E-state index is 12.9. The number of hydrogen-bond acceptors (Lipinski definition) is 6. The molecular weight excluding hydrogens is 407 g/mol. The molecule has 1 saturated heterocycles. The first-order chi connectivity index (χ1) is 14.3. The van der Waals surface area contributed by atoms with E-state index in [-0.39, 0.29) is 24.5 Å². The molecule has 2 N–H and O–H groups in total. The van der Waals surface area contributed by atoms with Gasteiger partial charge >= 0.3 is 0 Å². The van der Waals surface area contributed by atoms with Crippen molar-refractivity contribution in [2.24, 2.45) is 0 Å². The van der Waals surface area contributed by atoms with E-state index in [2.05, 4.69) is 50.4 Å². The minimum Gasteiger partial charge on any atom is -0.463 e. The van der Waals surface area contributed by atoms with Crippen molar-refractivity contribution in [1.29, 1.82) is 0 Å². The van der Waals surface area contributed by atoms with Crippen LogP contribution in [0.5, 0.6) is 5.75 Å². The third-order valence-electron chi connectivity index (χ3n) is 5.30. The van der Waals surface area contributed by atoms with Crippen molar-refractivity contribution >= 4 is 12.4 Å². The van der Waals surface area contributed by atoms with E-state index in [1.54, 1.807) is 10.7 Å². The molecule has 2 heterocycles. The lowest BCUT2D eigenvalue weighted by Crippen LogP contribution is -2.45. The zero-order valence-electron chi connectivity index (χ0n) is 16.8. The van der Waals surface area contributed by atoms with E-state index < -0.39 is 6.86 Å². The van der Waals surface area contributed by atoms with E-state index in [4.69, 9.17) is 4.74 Å². The molecule has 1 aromatic heterocycles. The Labute approximate surface area is 181 Å². The number of rotatable bonds is 7. The first-order valence-corrected chi connectivity index (χ1v) is 9.85. The Hall–Kier alpha value is -2.55. The van der Waals surface area contributed by atoms with Gasteiger partial charge in [0.25, 0.3) is 0 Å². The Kier molecular flexibility index (Phi) is 7.73. The molecule has 0 saturated carbocycles. The van der Waals surface area contributed by atoms with E-state index in [0.29, 0.717) is 18.1 Å².